The Morgan fingerprint density at radius 2 is 1.77 bits per heavy atom. The lowest BCUT2D eigenvalue weighted by Crippen LogP contribution is -2.39. The summed E-state index contributed by atoms with van der Waals surface area (Å²) in [5, 5.41) is 6.78. The standard InChI is InChI=1S/C21H18F3N3O3/c1-13(30-19-8-6-16(23)12-17(19)24)21(29)25-10-11-27-20(28)9-7-18(26-27)14-2-4-15(22)5-3-14/h2-9,12-13H,10-11H2,1H3,(H,25,29). The van der Waals surface area contributed by atoms with Crippen LogP contribution >= 0.6 is 0 Å². The van der Waals surface area contributed by atoms with Crippen LogP contribution < -0.4 is 15.6 Å². The predicted molar refractivity (Wildman–Crippen MR) is 103 cm³/mol. The zero-order valence-corrected chi connectivity index (χ0v) is 15.9. The monoisotopic (exact) mass is 417 g/mol. The number of rotatable bonds is 7. The summed E-state index contributed by atoms with van der Waals surface area (Å²) in [7, 11) is 0. The van der Waals surface area contributed by atoms with Gasteiger partial charge in [-0.25, -0.2) is 17.9 Å². The fourth-order valence-electron chi connectivity index (χ4n) is 2.63. The molecule has 6 nitrogen and oxygen atoms in total. The number of carbonyl (C=O) groups excluding carboxylic acids is 1. The molecule has 1 heterocycles. The maximum Gasteiger partial charge on any atom is 0.266 e. The molecule has 156 valence electrons. The summed E-state index contributed by atoms with van der Waals surface area (Å²) in [4.78, 5) is 24.1. The molecule has 0 saturated heterocycles. The lowest BCUT2D eigenvalue weighted by molar-refractivity contribution is -0.127. The van der Waals surface area contributed by atoms with E-state index < -0.39 is 23.6 Å². The number of halogens is 3. The molecule has 2 aromatic carbocycles. The summed E-state index contributed by atoms with van der Waals surface area (Å²) in [5.74, 6) is -2.84. The molecule has 0 spiro atoms. The molecule has 0 saturated carbocycles. The van der Waals surface area contributed by atoms with Gasteiger partial charge in [-0.3, -0.25) is 9.59 Å². The van der Waals surface area contributed by atoms with Crippen LogP contribution in [0.2, 0.25) is 0 Å². The summed E-state index contributed by atoms with van der Waals surface area (Å²) in [6.07, 6.45) is -1.04. The van der Waals surface area contributed by atoms with Crippen molar-refractivity contribution in [1.82, 2.24) is 15.1 Å². The summed E-state index contributed by atoms with van der Waals surface area (Å²) in [6.45, 7) is 1.56. The zero-order chi connectivity index (χ0) is 21.7. The van der Waals surface area contributed by atoms with Gasteiger partial charge in [0.05, 0.1) is 12.2 Å². The number of benzene rings is 2. The van der Waals surface area contributed by atoms with E-state index in [-0.39, 0.29) is 30.2 Å². The summed E-state index contributed by atoms with van der Waals surface area (Å²) in [5.41, 5.74) is 0.745. The molecule has 0 bridgehead atoms. The van der Waals surface area contributed by atoms with Gasteiger partial charge in [0.25, 0.3) is 11.5 Å². The van der Waals surface area contributed by atoms with Gasteiger partial charge in [0, 0.05) is 24.2 Å². The van der Waals surface area contributed by atoms with Gasteiger partial charge in [-0.2, -0.15) is 5.10 Å². The van der Waals surface area contributed by atoms with E-state index in [0.717, 1.165) is 12.1 Å². The molecular weight excluding hydrogens is 399 g/mol. The number of hydrogen-bond acceptors (Lipinski definition) is 4. The topological polar surface area (TPSA) is 73.2 Å². The number of aromatic nitrogens is 2. The molecule has 1 atom stereocenters. The average molecular weight is 417 g/mol. The average Bonchev–Trinajstić information content (AvgIpc) is 2.72. The van der Waals surface area contributed by atoms with E-state index in [2.05, 4.69) is 10.4 Å². The van der Waals surface area contributed by atoms with Gasteiger partial charge in [-0.15, -0.1) is 0 Å². The van der Waals surface area contributed by atoms with Crippen LogP contribution in [0.5, 0.6) is 5.75 Å². The lowest BCUT2D eigenvalue weighted by Gasteiger charge is -2.15. The van der Waals surface area contributed by atoms with Gasteiger partial charge >= 0.3 is 0 Å². The number of ether oxygens (including phenoxy) is 1. The highest BCUT2D eigenvalue weighted by Crippen LogP contribution is 2.19. The molecule has 1 aromatic heterocycles. The molecule has 0 radical (unpaired) electrons. The van der Waals surface area contributed by atoms with Crippen LogP contribution in [0, 0.1) is 17.5 Å². The minimum atomic E-state index is -1.04. The Hall–Kier alpha value is -3.62. The van der Waals surface area contributed by atoms with E-state index in [1.807, 2.05) is 0 Å². The van der Waals surface area contributed by atoms with Gasteiger partial charge in [-0.1, -0.05) is 0 Å². The first-order valence-electron chi connectivity index (χ1n) is 9.07. The zero-order valence-electron chi connectivity index (χ0n) is 15.9. The quantitative estimate of drug-likeness (QED) is 0.642. The summed E-state index contributed by atoms with van der Waals surface area (Å²) in [6, 6.07) is 11.3. The van der Waals surface area contributed by atoms with Gasteiger partial charge in [-0.05, 0) is 49.4 Å². The number of hydrogen-bond donors (Lipinski definition) is 1. The normalized spacial score (nSPS) is 11.7. The Morgan fingerprint density at radius 1 is 1.07 bits per heavy atom. The molecule has 1 unspecified atom stereocenters. The highest BCUT2D eigenvalue weighted by Gasteiger charge is 2.16. The number of nitrogens with one attached hydrogen (secondary N) is 1. The second-order valence-electron chi connectivity index (χ2n) is 6.41. The smallest absolute Gasteiger partial charge is 0.266 e. The van der Waals surface area contributed by atoms with Crippen LogP contribution in [0.25, 0.3) is 11.3 Å². The van der Waals surface area contributed by atoms with Crippen LogP contribution in [-0.4, -0.2) is 28.3 Å². The van der Waals surface area contributed by atoms with Gasteiger partial charge in [0.2, 0.25) is 0 Å². The van der Waals surface area contributed by atoms with Crippen LogP contribution in [0.1, 0.15) is 6.92 Å². The van der Waals surface area contributed by atoms with Crippen LogP contribution in [-0.2, 0) is 11.3 Å². The van der Waals surface area contributed by atoms with Crippen molar-refractivity contribution in [3.63, 3.8) is 0 Å². The first-order valence-corrected chi connectivity index (χ1v) is 9.07. The highest BCUT2D eigenvalue weighted by molar-refractivity contribution is 5.80. The molecule has 0 fully saturated rings. The van der Waals surface area contributed by atoms with Crippen molar-refractivity contribution >= 4 is 5.91 Å². The molecule has 3 rings (SSSR count). The van der Waals surface area contributed by atoms with Crippen molar-refractivity contribution in [3.8, 4) is 17.0 Å². The predicted octanol–water partition coefficient (Wildman–Crippen LogP) is 2.91. The summed E-state index contributed by atoms with van der Waals surface area (Å²) < 4.78 is 46.0. The Kier molecular flexibility index (Phi) is 6.51. The third kappa shape index (κ3) is 5.25. The molecule has 0 aliphatic heterocycles. The largest absolute Gasteiger partial charge is 0.478 e. The second-order valence-corrected chi connectivity index (χ2v) is 6.41. The molecule has 1 amide bonds. The van der Waals surface area contributed by atoms with Crippen LogP contribution in [0.4, 0.5) is 13.2 Å². The fourth-order valence-corrected chi connectivity index (χ4v) is 2.63. The van der Waals surface area contributed by atoms with E-state index in [4.69, 9.17) is 4.74 Å². The van der Waals surface area contributed by atoms with E-state index in [0.29, 0.717) is 17.3 Å². The van der Waals surface area contributed by atoms with Crippen LogP contribution in [0.3, 0.4) is 0 Å². The highest BCUT2D eigenvalue weighted by atomic mass is 19.1. The lowest BCUT2D eigenvalue weighted by atomic mass is 10.1. The molecule has 9 heteroatoms. The Balaban J connectivity index is 1.59. The SMILES string of the molecule is CC(Oc1ccc(F)cc1F)C(=O)NCCn1nc(-c2ccc(F)cc2)ccc1=O. The Morgan fingerprint density at radius 3 is 2.47 bits per heavy atom. The van der Waals surface area contributed by atoms with Crippen molar-refractivity contribution in [2.45, 2.75) is 19.6 Å². The van der Waals surface area contributed by atoms with Crippen molar-refractivity contribution in [2.75, 3.05) is 6.54 Å². The van der Waals surface area contributed by atoms with Gasteiger partial charge < -0.3 is 10.1 Å². The second kappa shape index (κ2) is 9.25. The van der Waals surface area contributed by atoms with Crippen molar-refractivity contribution in [2.24, 2.45) is 0 Å². The van der Waals surface area contributed by atoms with Crippen molar-refractivity contribution in [3.05, 3.63) is 82.4 Å². The minimum Gasteiger partial charge on any atom is -0.478 e. The molecule has 0 aliphatic carbocycles. The van der Waals surface area contributed by atoms with E-state index in [1.54, 1.807) is 12.1 Å². The molecule has 3 aromatic rings. The number of nitrogens with zero attached hydrogens (tertiary/aromatic N) is 2. The number of amides is 1. The number of carbonyl (C=O) groups is 1. The molecule has 30 heavy (non-hydrogen) atoms. The fraction of sp³-hybridized carbons (Fsp3) is 0.190. The van der Waals surface area contributed by atoms with Crippen molar-refractivity contribution in [1.29, 1.82) is 0 Å². The third-order valence-corrected chi connectivity index (χ3v) is 4.20. The van der Waals surface area contributed by atoms with Gasteiger partial charge in [0.1, 0.15) is 11.6 Å². The van der Waals surface area contributed by atoms with E-state index in [9.17, 15) is 22.8 Å². The molecular formula is C21H18F3N3O3. The molecule has 0 aliphatic rings. The summed E-state index contributed by atoms with van der Waals surface area (Å²) >= 11 is 0. The maximum atomic E-state index is 13.6. The van der Waals surface area contributed by atoms with E-state index >= 15 is 0 Å². The maximum absolute atomic E-state index is 13.6. The minimum absolute atomic E-state index is 0.0677. The third-order valence-electron chi connectivity index (χ3n) is 4.20. The van der Waals surface area contributed by atoms with Crippen molar-refractivity contribution < 1.29 is 22.7 Å². The van der Waals surface area contributed by atoms with Crippen LogP contribution in [0.15, 0.2) is 59.4 Å². The Bertz CT molecular complexity index is 1100. The first-order chi connectivity index (χ1) is 14.3. The first kappa shape index (κ1) is 21.1. The van der Waals surface area contributed by atoms with Gasteiger partial charge in [0.15, 0.2) is 17.7 Å². The van der Waals surface area contributed by atoms with E-state index in [1.165, 1.54) is 35.9 Å². The Labute approximate surface area is 169 Å². The molecule has 1 N–H and O–H groups in total.